The summed E-state index contributed by atoms with van der Waals surface area (Å²) in [6.07, 6.45) is 4.39. The molecule has 1 saturated heterocycles. The van der Waals surface area contributed by atoms with Crippen LogP contribution >= 0.6 is 0 Å². The Hall–Kier alpha value is -3.42. The van der Waals surface area contributed by atoms with Gasteiger partial charge in [-0.1, -0.05) is 12.1 Å². The minimum atomic E-state index is -0.860. The summed E-state index contributed by atoms with van der Waals surface area (Å²) < 4.78 is 0. The second-order valence-corrected chi connectivity index (χ2v) is 6.67. The number of nitrogens with zero attached hydrogens (tertiary/aromatic N) is 2. The van der Waals surface area contributed by atoms with Gasteiger partial charge in [0.15, 0.2) is 0 Å². The van der Waals surface area contributed by atoms with Gasteiger partial charge in [-0.3, -0.25) is 14.6 Å². The van der Waals surface area contributed by atoms with Crippen molar-refractivity contribution >= 4 is 23.6 Å². The average molecular weight is 382 g/mol. The van der Waals surface area contributed by atoms with E-state index in [1.54, 1.807) is 35.4 Å². The van der Waals surface area contributed by atoms with Crippen molar-refractivity contribution in [2.24, 2.45) is 5.92 Å². The maximum absolute atomic E-state index is 12.3. The summed E-state index contributed by atoms with van der Waals surface area (Å²) in [7, 11) is 0. The van der Waals surface area contributed by atoms with Gasteiger partial charge in [0.1, 0.15) is 0 Å². The van der Waals surface area contributed by atoms with E-state index in [0.29, 0.717) is 37.2 Å². The van der Waals surface area contributed by atoms with Crippen LogP contribution in [0.4, 0.5) is 10.5 Å². The highest BCUT2D eigenvalue weighted by molar-refractivity contribution is 6.04. The molecule has 1 aromatic carbocycles. The quantitative estimate of drug-likeness (QED) is 0.735. The number of carbonyl (C=O) groups is 3. The molecule has 1 fully saturated rings. The van der Waals surface area contributed by atoms with Crippen LogP contribution in [-0.4, -0.2) is 46.0 Å². The monoisotopic (exact) mass is 382 g/mol. The van der Waals surface area contributed by atoms with E-state index >= 15 is 0 Å². The molecule has 0 radical (unpaired) electrons. The summed E-state index contributed by atoms with van der Waals surface area (Å²) in [5, 5.41) is 14.7. The molecular formula is C20H22N4O4. The van der Waals surface area contributed by atoms with Gasteiger partial charge in [0.2, 0.25) is 0 Å². The minimum absolute atomic E-state index is 0.237. The number of piperidine rings is 1. The Kier molecular flexibility index (Phi) is 6.21. The van der Waals surface area contributed by atoms with Crippen LogP contribution < -0.4 is 10.6 Å². The Morgan fingerprint density at radius 1 is 1.18 bits per heavy atom. The molecule has 8 heteroatoms. The van der Waals surface area contributed by atoms with E-state index < -0.39 is 11.9 Å². The van der Waals surface area contributed by atoms with E-state index in [2.05, 4.69) is 15.6 Å². The lowest BCUT2D eigenvalue weighted by Crippen LogP contribution is -2.46. The second-order valence-electron chi connectivity index (χ2n) is 6.67. The first-order valence-corrected chi connectivity index (χ1v) is 9.09. The number of aromatic nitrogens is 1. The van der Waals surface area contributed by atoms with E-state index in [0.717, 1.165) is 5.56 Å². The van der Waals surface area contributed by atoms with Gasteiger partial charge in [-0.05, 0) is 42.7 Å². The number of pyridine rings is 1. The van der Waals surface area contributed by atoms with Crippen LogP contribution in [0.5, 0.6) is 0 Å². The standard InChI is InChI=1S/C20H22N4O4/c25-18(15-3-1-9-21-12-15)23-17-7-5-14(6-8-17)11-22-20(28)24-10-2-4-16(13-24)19(26)27/h1,3,5-9,12,16H,2,4,10-11,13H2,(H,22,28)(H,23,25)(H,26,27). The molecule has 1 aromatic heterocycles. The minimum Gasteiger partial charge on any atom is -0.481 e. The maximum atomic E-state index is 12.3. The van der Waals surface area contributed by atoms with Gasteiger partial charge < -0.3 is 20.6 Å². The number of hydrogen-bond acceptors (Lipinski definition) is 4. The van der Waals surface area contributed by atoms with Gasteiger partial charge in [-0.25, -0.2) is 4.79 Å². The van der Waals surface area contributed by atoms with E-state index in [-0.39, 0.29) is 18.5 Å². The molecule has 0 saturated carbocycles. The van der Waals surface area contributed by atoms with Crippen LogP contribution in [-0.2, 0) is 11.3 Å². The number of carboxylic acids is 1. The molecule has 0 aliphatic carbocycles. The first-order valence-electron chi connectivity index (χ1n) is 9.09. The predicted octanol–water partition coefficient (Wildman–Crippen LogP) is 2.34. The fourth-order valence-corrected chi connectivity index (χ4v) is 3.06. The third kappa shape index (κ3) is 5.06. The molecule has 146 valence electrons. The highest BCUT2D eigenvalue weighted by Crippen LogP contribution is 2.17. The van der Waals surface area contributed by atoms with E-state index in [1.165, 1.54) is 6.20 Å². The zero-order chi connectivity index (χ0) is 19.9. The van der Waals surface area contributed by atoms with Crippen molar-refractivity contribution in [1.82, 2.24) is 15.2 Å². The molecule has 3 N–H and O–H groups in total. The normalized spacial score (nSPS) is 16.3. The number of amides is 3. The summed E-state index contributed by atoms with van der Waals surface area (Å²) in [5.74, 6) is -1.60. The molecule has 1 aliphatic rings. The van der Waals surface area contributed by atoms with Crippen molar-refractivity contribution in [3.63, 3.8) is 0 Å². The van der Waals surface area contributed by atoms with Crippen molar-refractivity contribution in [2.45, 2.75) is 19.4 Å². The van der Waals surface area contributed by atoms with E-state index in [4.69, 9.17) is 5.11 Å². The Balaban J connectivity index is 1.49. The highest BCUT2D eigenvalue weighted by Gasteiger charge is 2.27. The smallest absolute Gasteiger partial charge is 0.317 e. The lowest BCUT2D eigenvalue weighted by atomic mass is 9.99. The largest absolute Gasteiger partial charge is 0.481 e. The van der Waals surface area contributed by atoms with Gasteiger partial charge >= 0.3 is 12.0 Å². The molecular weight excluding hydrogens is 360 g/mol. The van der Waals surface area contributed by atoms with Crippen LogP contribution in [0.3, 0.4) is 0 Å². The average Bonchev–Trinajstić information content (AvgIpc) is 2.73. The number of urea groups is 1. The van der Waals surface area contributed by atoms with Crippen LogP contribution in [0.2, 0.25) is 0 Å². The summed E-state index contributed by atoms with van der Waals surface area (Å²) in [4.78, 5) is 40.9. The van der Waals surface area contributed by atoms with Crippen LogP contribution in [0.25, 0.3) is 0 Å². The number of hydrogen-bond donors (Lipinski definition) is 3. The third-order valence-corrected chi connectivity index (χ3v) is 4.64. The third-order valence-electron chi connectivity index (χ3n) is 4.64. The predicted molar refractivity (Wildman–Crippen MR) is 103 cm³/mol. The molecule has 2 aromatic rings. The fourth-order valence-electron chi connectivity index (χ4n) is 3.06. The molecule has 8 nitrogen and oxygen atoms in total. The van der Waals surface area contributed by atoms with Gasteiger partial charge in [-0.2, -0.15) is 0 Å². The van der Waals surface area contributed by atoms with Crippen molar-refractivity contribution in [2.75, 3.05) is 18.4 Å². The molecule has 1 atom stereocenters. The zero-order valence-corrected chi connectivity index (χ0v) is 15.3. The lowest BCUT2D eigenvalue weighted by Gasteiger charge is -2.30. The first-order chi connectivity index (χ1) is 13.5. The Labute approximate surface area is 162 Å². The van der Waals surface area contributed by atoms with Gasteiger partial charge in [0.25, 0.3) is 5.91 Å². The number of nitrogens with one attached hydrogen (secondary N) is 2. The number of rotatable bonds is 5. The highest BCUT2D eigenvalue weighted by atomic mass is 16.4. The number of likely N-dealkylation sites (tertiary alicyclic amines) is 1. The van der Waals surface area contributed by atoms with Crippen LogP contribution in [0.1, 0.15) is 28.8 Å². The van der Waals surface area contributed by atoms with Crippen LogP contribution in [0.15, 0.2) is 48.8 Å². The molecule has 2 heterocycles. The molecule has 1 aliphatic heterocycles. The number of anilines is 1. The molecule has 0 bridgehead atoms. The number of carboxylic acid groups (broad SMARTS) is 1. The van der Waals surface area contributed by atoms with Crippen molar-refractivity contribution < 1.29 is 19.5 Å². The summed E-state index contributed by atoms with van der Waals surface area (Å²) in [6.45, 7) is 1.12. The number of carbonyl (C=O) groups excluding carboxylic acids is 2. The first kappa shape index (κ1) is 19.3. The maximum Gasteiger partial charge on any atom is 0.317 e. The number of benzene rings is 1. The number of aliphatic carboxylic acids is 1. The van der Waals surface area contributed by atoms with E-state index in [9.17, 15) is 14.4 Å². The summed E-state index contributed by atoms with van der Waals surface area (Å²) in [5.41, 5.74) is 1.99. The van der Waals surface area contributed by atoms with Crippen molar-refractivity contribution in [1.29, 1.82) is 0 Å². The second kappa shape index (κ2) is 8.98. The fraction of sp³-hybridized carbons (Fsp3) is 0.300. The van der Waals surface area contributed by atoms with Gasteiger partial charge in [0, 0.05) is 37.7 Å². The molecule has 3 rings (SSSR count). The summed E-state index contributed by atoms with van der Waals surface area (Å²) >= 11 is 0. The Morgan fingerprint density at radius 3 is 2.64 bits per heavy atom. The topological polar surface area (TPSA) is 112 Å². The van der Waals surface area contributed by atoms with Crippen molar-refractivity contribution in [3.05, 3.63) is 59.9 Å². The van der Waals surface area contributed by atoms with Gasteiger partial charge in [0.05, 0.1) is 11.5 Å². The summed E-state index contributed by atoms with van der Waals surface area (Å²) in [6, 6.07) is 10.3. The molecule has 3 amide bonds. The van der Waals surface area contributed by atoms with E-state index in [1.807, 2.05) is 12.1 Å². The van der Waals surface area contributed by atoms with Crippen molar-refractivity contribution in [3.8, 4) is 0 Å². The Bertz CT molecular complexity index is 839. The van der Waals surface area contributed by atoms with Gasteiger partial charge in [-0.15, -0.1) is 0 Å². The Morgan fingerprint density at radius 2 is 1.96 bits per heavy atom. The lowest BCUT2D eigenvalue weighted by molar-refractivity contribution is -0.143. The van der Waals surface area contributed by atoms with Crippen LogP contribution in [0, 0.1) is 5.92 Å². The molecule has 1 unspecified atom stereocenters. The zero-order valence-electron chi connectivity index (χ0n) is 15.3. The molecule has 0 spiro atoms. The SMILES string of the molecule is O=C(Nc1ccc(CNC(=O)N2CCCC(C(=O)O)C2)cc1)c1cccnc1. The molecule has 28 heavy (non-hydrogen) atoms.